The number of rotatable bonds is 5. The predicted octanol–water partition coefficient (Wildman–Crippen LogP) is 2.27. The Morgan fingerprint density at radius 3 is 2.57 bits per heavy atom. The van der Waals surface area contributed by atoms with Gasteiger partial charge >= 0.3 is 0 Å². The molecule has 1 unspecified atom stereocenters. The lowest BCUT2D eigenvalue weighted by Crippen LogP contribution is -2.47. The van der Waals surface area contributed by atoms with Crippen molar-refractivity contribution in [2.75, 3.05) is 44.7 Å². The van der Waals surface area contributed by atoms with Gasteiger partial charge in [0.15, 0.2) is 0 Å². The maximum Gasteiger partial charge on any atom is 0.293 e. The lowest BCUT2D eigenvalue weighted by atomic mass is 10.1. The average molecular weight is 432 g/mol. The van der Waals surface area contributed by atoms with Gasteiger partial charge in [-0.1, -0.05) is 6.07 Å². The fourth-order valence-corrected chi connectivity index (χ4v) is 5.65. The number of hydrogen-bond acceptors (Lipinski definition) is 7. The summed E-state index contributed by atoms with van der Waals surface area (Å²) in [5.41, 5.74) is 1.27. The van der Waals surface area contributed by atoms with E-state index in [2.05, 4.69) is 9.88 Å². The van der Waals surface area contributed by atoms with E-state index in [1.165, 1.54) is 16.4 Å². The third-order valence-corrected chi connectivity index (χ3v) is 7.77. The number of nitro groups is 1. The molecule has 0 saturated carbocycles. The summed E-state index contributed by atoms with van der Waals surface area (Å²) < 4.78 is 27.5. The van der Waals surface area contributed by atoms with Crippen LogP contribution in [0.25, 0.3) is 0 Å². The minimum absolute atomic E-state index is 0.0162. The van der Waals surface area contributed by atoms with Crippen molar-refractivity contribution in [3.63, 3.8) is 0 Å². The van der Waals surface area contributed by atoms with Gasteiger partial charge in [-0.3, -0.25) is 15.1 Å². The van der Waals surface area contributed by atoms with Crippen molar-refractivity contribution in [1.82, 2.24) is 14.2 Å². The molecule has 1 atom stereocenters. The molecule has 2 aliphatic heterocycles. The van der Waals surface area contributed by atoms with E-state index in [-0.39, 0.29) is 16.6 Å². The van der Waals surface area contributed by atoms with E-state index in [0.29, 0.717) is 38.4 Å². The Morgan fingerprint density at radius 2 is 1.90 bits per heavy atom. The van der Waals surface area contributed by atoms with Crippen LogP contribution in [0, 0.1) is 10.1 Å². The third-order valence-electron chi connectivity index (χ3n) is 5.88. The molecule has 1 aromatic heterocycles. The van der Waals surface area contributed by atoms with Gasteiger partial charge in [-0.05, 0) is 43.7 Å². The molecule has 30 heavy (non-hydrogen) atoms. The molecule has 3 heterocycles. The number of sulfonamides is 1. The Bertz CT molecular complexity index is 1020. The van der Waals surface area contributed by atoms with Crippen LogP contribution in [0.5, 0.6) is 0 Å². The van der Waals surface area contributed by atoms with Crippen molar-refractivity contribution in [2.45, 2.75) is 23.8 Å². The Hall–Kier alpha value is -2.56. The van der Waals surface area contributed by atoms with Crippen LogP contribution in [-0.2, 0) is 10.0 Å². The van der Waals surface area contributed by atoms with Gasteiger partial charge in [-0.25, -0.2) is 8.42 Å². The molecule has 10 heteroatoms. The number of aromatic nitrogens is 1. The Morgan fingerprint density at radius 1 is 1.13 bits per heavy atom. The van der Waals surface area contributed by atoms with Gasteiger partial charge in [0.2, 0.25) is 10.0 Å². The SMILES string of the molecule is CN1CCN(S(=O)(=O)c2ccc(N3CCCC3c3cccnc3)c([N+](=O)[O-])c2)CC1. The highest BCUT2D eigenvalue weighted by Crippen LogP contribution is 2.41. The number of hydrogen-bond donors (Lipinski definition) is 0. The van der Waals surface area contributed by atoms with Crippen LogP contribution in [0.1, 0.15) is 24.4 Å². The zero-order valence-corrected chi connectivity index (χ0v) is 17.7. The number of piperazine rings is 1. The number of nitro benzene ring substituents is 1. The smallest absolute Gasteiger partial charge is 0.293 e. The van der Waals surface area contributed by atoms with Crippen molar-refractivity contribution >= 4 is 21.4 Å². The first-order valence-electron chi connectivity index (χ1n) is 10.0. The predicted molar refractivity (Wildman–Crippen MR) is 113 cm³/mol. The van der Waals surface area contributed by atoms with Gasteiger partial charge in [-0.15, -0.1) is 0 Å². The molecule has 4 rings (SSSR count). The average Bonchev–Trinajstić information content (AvgIpc) is 3.24. The Kier molecular flexibility index (Phi) is 5.72. The second-order valence-electron chi connectivity index (χ2n) is 7.75. The largest absolute Gasteiger partial charge is 0.359 e. The van der Waals surface area contributed by atoms with E-state index >= 15 is 0 Å². The van der Waals surface area contributed by atoms with Gasteiger partial charge in [0.05, 0.1) is 15.9 Å². The molecule has 0 aliphatic carbocycles. The Balaban J connectivity index is 1.68. The summed E-state index contributed by atoms with van der Waals surface area (Å²) in [5.74, 6) is 0. The first-order chi connectivity index (χ1) is 14.4. The lowest BCUT2D eigenvalue weighted by molar-refractivity contribution is -0.384. The van der Waals surface area contributed by atoms with E-state index in [4.69, 9.17) is 0 Å². The summed E-state index contributed by atoms with van der Waals surface area (Å²) in [6.07, 6.45) is 5.24. The second-order valence-corrected chi connectivity index (χ2v) is 9.69. The topological polar surface area (TPSA) is 99.9 Å². The van der Waals surface area contributed by atoms with E-state index in [0.717, 1.165) is 18.4 Å². The number of likely N-dealkylation sites (N-methyl/N-ethyl adjacent to an activating group) is 1. The van der Waals surface area contributed by atoms with Crippen molar-refractivity contribution < 1.29 is 13.3 Å². The molecule has 0 bridgehead atoms. The molecule has 160 valence electrons. The monoisotopic (exact) mass is 431 g/mol. The fraction of sp³-hybridized carbons (Fsp3) is 0.450. The van der Waals surface area contributed by atoms with Crippen LogP contribution in [-0.4, -0.2) is 67.3 Å². The van der Waals surface area contributed by atoms with Crippen molar-refractivity contribution in [3.8, 4) is 0 Å². The first-order valence-corrected chi connectivity index (χ1v) is 11.5. The summed E-state index contributed by atoms with van der Waals surface area (Å²) in [6, 6.07) is 8.09. The Labute approximate surface area is 176 Å². The van der Waals surface area contributed by atoms with Gasteiger partial charge in [0.25, 0.3) is 5.69 Å². The van der Waals surface area contributed by atoms with Crippen LogP contribution in [0.15, 0.2) is 47.6 Å². The quantitative estimate of drug-likeness (QED) is 0.529. The van der Waals surface area contributed by atoms with Gasteiger partial charge in [-0.2, -0.15) is 4.31 Å². The maximum absolute atomic E-state index is 13.1. The van der Waals surface area contributed by atoms with Crippen LogP contribution >= 0.6 is 0 Å². The molecule has 2 aliphatic rings. The summed E-state index contributed by atoms with van der Waals surface area (Å²) >= 11 is 0. The summed E-state index contributed by atoms with van der Waals surface area (Å²) in [6.45, 7) is 2.71. The van der Waals surface area contributed by atoms with Crippen LogP contribution in [0.4, 0.5) is 11.4 Å². The highest BCUT2D eigenvalue weighted by Gasteiger charge is 2.34. The van der Waals surface area contributed by atoms with Gasteiger partial charge in [0.1, 0.15) is 5.69 Å². The second kappa shape index (κ2) is 8.29. The minimum atomic E-state index is -3.77. The molecule has 9 nitrogen and oxygen atoms in total. The molecular weight excluding hydrogens is 406 g/mol. The molecule has 0 amide bonds. The molecular formula is C20H25N5O4S. The summed E-state index contributed by atoms with van der Waals surface area (Å²) in [5, 5.41) is 11.9. The van der Waals surface area contributed by atoms with Crippen LogP contribution in [0.3, 0.4) is 0 Å². The van der Waals surface area contributed by atoms with Gasteiger partial charge in [0, 0.05) is 51.2 Å². The standard InChI is InChI=1S/C20H25N5O4S/c1-22-10-12-23(13-11-22)30(28,29)17-6-7-19(20(14-17)25(26)27)24-9-3-5-18(24)16-4-2-8-21-15-16/h2,4,6-8,14-15,18H,3,5,9-13H2,1H3. The third kappa shape index (κ3) is 3.90. The van der Waals surface area contributed by atoms with E-state index < -0.39 is 14.9 Å². The molecule has 0 N–H and O–H groups in total. The van der Waals surface area contributed by atoms with E-state index in [1.807, 2.05) is 24.1 Å². The molecule has 0 radical (unpaired) electrons. The lowest BCUT2D eigenvalue weighted by Gasteiger charge is -2.31. The fourth-order valence-electron chi connectivity index (χ4n) is 4.21. The number of nitrogens with zero attached hydrogens (tertiary/aromatic N) is 5. The number of anilines is 1. The van der Waals surface area contributed by atoms with Crippen LogP contribution in [0.2, 0.25) is 0 Å². The maximum atomic E-state index is 13.1. The highest BCUT2D eigenvalue weighted by molar-refractivity contribution is 7.89. The summed E-state index contributed by atoms with van der Waals surface area (Å²) in [7, 11) is -1.83. The van der Waals surface area contributed by atoms with Gasteiger partial charge < -0.3 is 9.80 Å². The zero-order valence-electron chi connectivity index (χ0n) is 16.8. The van der Waals surface area contributed by atoms with Crippen molar-refractivity contribution in [3.05, 3.63) is 58.4 Å². The van der Waals surface area contributed by atoms with Crippen LogP contribution < -0.4 is 4.90 Å². The molecule has 2 aromatic rings. The number of benzene rings is 1. The zero-order chi connectivity index (χ0) is 21.3. The summed E-state index contributed by atoms with van der Waals surface area (Å²) in [4.78, 5) is 19.6. The molecule has 2 saturated heterocycles. The number of pyridine rings is 1. The molecule has 0 spiro atoms. The highest BCUT2D eigenvalue weighted by atomic mass is 32.2. The molecule has 2 fully saturated rings. The first kappa shape index (κ1) is 20.7. The normalized spacial score (nSPS) is 21.1. The van der Waals surface area contributed by atoms with E-state index in [1.54, 1.807) is 18.5 Å². The van der Waals surface area contributed by atoms with Crippen molar-refractivity contribution in [1.29, 1.82) is 0 Å². The minimum Gasteiger partial charge on any atom is -0.359 e. The molecule has 1 aromatic carbocycles. The van der Waals surface area contributed by atoms with E-state index in [9.17, 15) is 18.5 Å². The van der Waals surface area contributed by atoms with Crippen molar-refractivity contribution in [2.24, 2.45) is 0 Å².